The standard InChI is InChI=1S/C20H17Cl2N3O2S2/c1-12-17(29-18(23-12)13-2-7-28-11-13)20(27)25-5-3-24(4-6-25)19(26)14-8-15(21)10-16(22)9-14/h2,7-11H,3-6H2,1H3. The first-order valence-corrected chi connectivity index (χ1v) is 11.5. The van der Waals surface area contributed by atoms with E-state index in [-0.39, 0.29) is 11.8 Å². The van der Waals surface area contributed by atoms with Gasteiger partial charge in [0.25, 0.3) is 11.8 Å². The van der Waals surface area contributed by atoms with Crippen LogP contribution in [-0.4, -0.2) is 52.8 Å². The minimum atomic E-state index is -0.129. The third-order valence-corrected chi connectivity index (χ3v) is 7.04. The number of carbonyl (C=O) groups excluding carboxylic acids is 2. The van der Waals surface area contributed by atoms with Crippen molar-refractivity contribution < 1.29 is 9.59 Å². The van der Waals surface area contributed by atoms with Gasteiger partial charge in [-0.3, -0.25) is 9.59 Å². The molecule has 1 aromatic carbocycles. The van der Waals surface area contributed by atoms with Crippen LogP contribution >= 0.6 is 45.9 Å². The zero-order valence-corrected chi connectivity index (χ0v) is 18.7. The van der Waals surface area contributed by atoms with Crippen LogP contribution in [0.25, 0.3) is 10.6 Å². The van der Waals surface area contributed by atoms with E-state index >= 15 is 0 Å². The Morgan fingerprint density at radius 3 is 2.21 bits per heavy atom. The number of piperazine rings is 1. The van der Waals surface area contributed by atoms with Gasteiger partial charge in [0.05, 0.1) is 5.69 Å². The first kappa shape index (κ1) is 20.3. The number of rotatable bonds is 3. The fourth-order valence-electron chi connectivity index (χ4n) is 3.22. The molecule has 0 radical (unpaired) electrons. The molecule has 0 aliphatic carbocycles. The molecule has 0 N–H and O–H groups in total. The van der Waals surface area contributed by atoms with Gasteiger partial charge < -0.3 is 9.80 Å². The lowest BCUT2D eigenvalue weighted by Gasteiger charge is -2.34. The van der Waals surface area contributed by atoms with Gasteiger partial charge in [0.15, 0.2) is 0 Å². The van der Waals surface area contributed by atoms with Crippen molar-refractivity contribution in [2.45, 2.75) is 6.92 Å². The molecule has 3 heterocycles. The molecular weight excluding hydrogens is 449 g/mol. The number of halogens is 2. The molecule has 3 aromatic rings. The Balaban J connectivity index is 1.43. The Hall–Kier alpha value is -1.93. The van der Waals surface area contributed by atoms with E-state index < -0.39 is 0 Å². The summed E-state index contributed by atoms with van der Waals surface area (Å²) in [6.45, 7) is 3.74. The average molecular weight is 466 g/mol. The predicted molar refractivity (Wildman–Crippen MR) is 118 cm³/mol. The fraction of sp³-hybridized carbons (Fsp3) is 0.250. The van der Waals surface area contributed by atoms with E-state index in [0.29, 0.717) is 46.7 Å². The van der Waals surface area contributed by atoms with Crippen LogP contribution in [0.4, 0.5) is 0 Å². The number of thiazole rings is 1. The lowest BCUT2D eigenvalue weighted by molar-refractivity contribution is 0.0537. The summed E-state index contributed by atoms with van der Waals surface area (Å²) in [6, 6.07) is 6.82. The zero-order chi connectivity index (χ0) is 20.5. The van der Waals surface area contributed by atoms with Gasteiger partial charge in [0.1, 0.15) is 9.88 Å². The monoisotopic (exact) mass is 465 g/mol. The van der Waals surface area contributed by atoms with Gasteiger partial charge in [-0.1, -0.05) is 23.2 Å². The molecule has 0 unspecified atom stereocenters. The van der Waals surface area contributed by atoms with Gasteiger partial charge in [-0.25, -0.2) is 4.98 Å². The van der Waals surface area contributed by atoms with E-state index in [2.05, 4.69) is 4.98 Å². The van der Waals surface area contributed by atoms with Crippen LogP contribution in [0, 0.1) is 6.92 Å². The van der Waals surface area contributed by atoms with Crippen molar-refractivity contribution in [3.05, 3.63) is 61.2 Å². The fourth-order valence-corrected chi connectivity index (χ4v) is 5.49. The van der Waals surface area contributed by atoms with E-state index in [1.807, 2.05) is 23.8 Å². The molecule has 0 spiro atoms. The van der Waals surface area contributed by atoms with Gasteiger partial charge in [-0.2, -0.15) is 11.3 Å². The lowest BCUT2D eigenvalue weighted by atomic mass is 10.1. The van der Waals surface area contributed by atoms with Gasteiger partial charge in [-0.15, -0.1) is 11.3 Å². The molecule has 0 atom stereocenters. The normalized spacial score (nSPS) is 14.3. The molecular formula is C20H17Cl2N3O2S2. The summed E-state index contributed by atoms with van der Waals surface area (Å²) in [5.74, 6) is -0.158. The highest BCUT2D eigenvalue weighted by Gasteiger charge is 2.28. The highest BCUT2D eigenvalue weighted by molar-refractivity contribution is 7.17. The second-order valence-corrected chi connectivity index (χ2v) is 9.34. The lowest BCUT2D eigenvalue weighted by Crippen LogP contribution is -2.50. The minimum Gasteiger partial charge on any atom is -0.335 e. The van der Waals surface area contributed by atoms with Crippen molar-refractivity contribution >= 4 is 57.7 Å². The van der Waals surface area contributed by atoms with Crippen LogP contribution in [0.3, 0.4) is 0 Å². The number of aryl methyl sites for hydroxylation is 1. The summed E-state index contributed by atoms with van der Waals surface area (Å²) in [5, 5.41) is 5.74. The Labute approximate surface area is 186 Å². The van der Waals surface area contributed by atoms with Crippen LogP contribution < -0.4 is 0 Å². The van der Waals surface area contributed by atoms with Crippen LogP contribution in [0.5, 0.6) is 0 Å². The summed E-state index contributed by atoms with van der Waals surface area (Å²) >= 11 is 15.0. The van der Waals surface area contributed by atoms with E-state index in [1.54, 1.807) is 39.3 Å². The molecule has 1 aliphatic rings. The van der Waals surface area contributed by atoms with E-state index in [9.17, 15) is 9.59 Å². The third kappa shape index (κ3) is 4.33. The van der Waals surface area contributed by atoms with Crippen molar-refractivity contribution in [3.8, 4) is 10.6 Å². The maximum Gasteiger partial charge on any atom is 0.265 e. The Morgan fingerprint density at radius 2 is 1.62 bits per heavy atom. The minimum absolute atomic E-state index is 0.0284. The van der Waals surface area contributed by atoms with Crippen LogP contribution in [-0.2, 0) is 0 Å². The Kier molecular flexibility index (Phi) is 5.92. The van der Waals surface area contributed by atoms with Crippen molar-refractivity contribution in [1.82, 2.24) is 14.8 Å². The molecule has 9 heteroatoms. The molecule has 1 saturated heterocycles. The molecule has 2 amide bonds. The van der Waals surface area contributed by atoms with E-state index in [1.165, 1.54) is 11.3 Å². The molecule has 4 rings (SSSR count). The van der Waals surface area contributed by atoms with Crippen molar-refractivity contribution in [2.24, 2.45) is 0 Å². The number of aromatic nitrogens is 1. The second-order valence-electron chi connectivity index (χ2n) is 6.69. The molecule has 5 nitrogen and oxygen atoms in total. The molecule has 150 valence electrons. The highest BCUT2D eigenvalue weighted by atomic mass is 35.5. The SMILES string of the molecule is Cc1nc(-c2ccsc2)sc1C(=O)N1CCN(C(=O)c2cc(Cl)cc(Cl)c2)CC1. The third-order valence-electron chi connectivity index (χ3n) is 4.72. The average Bonchev–Trinajstić information content (AvgIpc) is 3.36. The topological polar surface area (TPSA) is 53.5 Å². The molecule has 29 heavy (non-hydrogen) atoms. The quantitative estimate of drug-likeness (QED) is 0.541. The Bertz CT molecular complexity index is 1040. The Morgan fingerprint density at radius 1 is 1.00 bits per heavy atom. The predicted octanol–water partition coefficient (Wildman–Crippen LogP) is 5.09. The number of carbonyl (C=O) groups is 2. The summed E-state index contributed by atoms with van der Waals surface area (Å²) in [6.07, 6.45) is 0. The van der Waals surface area contributed by atoms with Crippen LogP contribution in [0.2, 0.25) is 10.0 Å². The van der Waals surface area contributed by atoms with Crippen molar-refractivity contribution in [1.29, 1.82) is 0 Å². The van der Waals surface area contributed by atoms with Crippen molar-refractivity contribution in [3.63, 3.8) is 0 Å². The summed E-state index contributed by atoms with van der Waals surface area (Å²) in [4.78, 5) is 34.5. The van der Waals surface area contributed by atoms with Gasteiger partial charge in [0, 0.05) is 52.7 Å². The maximum absolute atomic E-state index is 13.0. The van der Waals surface area contributed by atoms with Crippen molar-refractivity contribution in [2.75, 3.05) is 26.2 Å². The second kappa shape index (κ2) is 8.44. The first-order valence-electron chi connectivity index (χ1n) is 8.97. The maximum atomic E-state index is 13.0. The smallest absolute Gasteiger partial charge is 0.265 e. The summed E-state index contributed by atoms with van der Waals surface area (Å²) in [7, 11) is 0. The molecule has 2 aromatic heterocycles. The number of amides is 2. The number of hydrogen-bond acceptors (Lipinski definition) is 5. The van der Waals surface area contributed by atoms with Crippen LogP contribution in [0.1, 0.15) is 25.7 Å². The first-order chi connectivity index (χ1) is 13.9. The number of benzene rings is 1. The molecule has 1 fully saturated rings. The van der Waals surface area contributed by atoms with Gasteiger partial charge >= 0.3 is 0 Å². The van der Waals surface area contributed by atoms with E-state index in [4.69, 9.17) is 23.2 Å². The van der Waals surface area contributed by atoms with Crippen LogP contribution in [0.15, 0.2) is 35.0 Å². The molecule has 0 bridgehead atoms. The number of hydrogen-bond donors (Lipinski definition) is 0. The summed E-state index contributed by atoms with van der Waals surface area (Å²) < 4.78 is 0. The highest BCUT2D eigenvalue weighted by Crippen LogP contribution is 2.30. The molecule has 0 saturated carbocycles. The van der Waals surface area contributed by atoms with Gasteiger partial charge in [0.2, 0.25) is 0 Å². The number of thiophene rings is 1. The summed E-state index contributed by atoms with van der Waals surface area (Å²) in [5.41, 5.74) is 2.24. The van der Waals surface area contributed by atoms with E-state index in [0.717, 1.165) is 16.3 Å². The number of nitrogens with zero attached hydrogens (tertiary/aromatic N) is 3. The largest absolute Gasteiger partial charge is 0.335 e. The van der Waals surface area contributed by atoms with Gasteiger partial charge in [-0.05, 0) is 36.6 Å². The molecule has 1 aliphatic heterocycles. The zero-order valence-electron chi connectivity index (χ0n) is 15.5.